The summed E-state index contributed by atoms with van der Waals surface area (Å²) in [6.07, 6.45) is 1.17. The Bertz CT molecular complexity index is 462. The van der Waals surface area contributed by atoms with E-state index in [1.54, 1.807) is 18.2 Å². The fourth-order valence-corrected chi connectivity index (χ4v) is 2.49. The lowest BCUT2D eigenvalue weighted by Crippen LogP contribution is -2.20. The first kappa shape index (κ1) is 13.7. The molecule has 5 nitrogen and oxygen atoms in total. The van der Waals surface area contributed by atoms with Crippen LogP contribution < -0.4 is 11.1 Å². The molecule has 19 heavy (non-hydrogen) atoms. The molecule has 0 aromatic heterocycles. The molecule has 1 heterocycles. The molecular weight excluding hydrogens is 242 g/mol. The third-order valence-electron chi connectivity index (χ3n) is 3.56. The van der Waals surface area contributed by atoms with Crippen LogP contribution in [0, 0.1) is 5.92 Å². The number of carbonyl (C=O) groups excluding carboxylic acids is 1. The number of nitrogens with one attached hydrogen (secondary N) is 1. The van der Waals surface area contributed by atoms with Crippen molar-refractivity contribution in [3.8, 4) is 0 Å². The third-order valence-corrected chi connectivity index (χ3v) is 3.56. The van der Waals surface area contributed by atoms with Crippen molar-refractivity contribution < 1.29 is 9.53 Å². The van der Waals surface area contributed by atoms with Gasteiger partial charge in [-0.1, -0.05) is 6.07 Å². The predicted octanol–water partition coefficient (Wildman–Crippen LogP) is 1.42. The van der Waals surface area contributed by atoms with Crippen LogP contribution in [-0.2, 0) is 4.74 Å². The second-order valence-electron chi connectivity index (χ2n) is 5.06. The van der Waals surface area contributed by atoms with Crippen molar-refractivity contribution in [2.24, 2.45) is 5.92 Å². The summed E-state index contributed by atoms with van der Waals surface area (Å²) in [6, 6.07) is 5.27. The quantitative estimate of drug-likeness (QED) is 0.635. The smallest absolute Gasteiger partial charge is 0.340 e. The molecule has 1 unspecified atom stereocenters. The maximum Gasteiger partial charge on any atom is 0.340 e. The maximum absolute atomic E-state index is 11.7. The number of benzene rings is 1. The number of esters is 1. The minimum absolute atomic E-state index is 0.363. The van der Waals surface area contributed by atoms with Crippen molar-refractivity contribution in [3.05, 3.63) is 23.8 Å². The Morgan fingerprint density at radius 2 is 2.37 bits per heavy atom. The Hall–Kier alpha value is -1.75. The summed E-state index contributed by atoms with van der Waals surface area (Å²) in [6.45, 7) is 3.02. The standard InChI is InChI=1S/C14H21N3O2/c1-17-7-6-10(9-17)8-16-13-11(14(18)19-2)4-3-5-12(13)15/h3-5,10,16H,6-9,15H2,1-2H3. The number of nitrogens with two attached hydrogens (primary N) is 1. The van der Waals surface area contributed by atoms with Crippen molar-refractivity contribution in [2.45, 2.75) is 6.42 Å². The highest BCUT2D eigenvalue weighted by Gasteiger charge is 2.20. The molecule has 104 valence electrons. The summed E-state index contributed by atoms with van der Waals surface area (Å²) in [5.41, 5.74) is 7.70. The van der Waals surface area contributed by atoms with Crippen molar-refractivity contribution >= 4 is 17.3 Å². The van der Waals surface area contributed by atoms with Gasteiger partial charge in [0.05, 0.1) is 24.0 Å². The number of hydrogen-bond acceptors (Lipinski definition) is 5. The summed E-state index contributed by atoms with van der Waals surface area (Å²) in [4.78, 5) is 14.0. The molecule has 1 aromatic carbocycles. The maximum atomic E-state index is 11.7. The molecule has 0 aliphatic carbocycles. The van der Waals surface area contributed by atoms with Gasteiger partial charge in [-0.2, -0.15) is 0 Å². The molecule has 1 aliphatic heterocycles. The van der Waals surface area contributed by atoms with Crippen LogP contribution >= 0.6 is 0 Å². The number of ether oxygens (including phenoxy) is 1. The van der Waals surface area contributed by atoms with Gasteiger partial charge in [0.25, 0.3) is 0 Å². The highest BCUT2D eigenvalue weighted by atomic mass is 16.5. The number of likely N-dealkylation sites (tertiary alicyclic amines) is 1. The monoisotopic (exact) mass is 263 g/mol. The van der Waals surface area contributed by atoms with Gasteiger partial charge in [0, 0.05) is 13.1 Å². The van der Waals surface area contributed by atoms with E-state index in [0.29, 0.717) is 22.9 Å². The molecule has 0 saturated carbocycles. The predicted molar refractivity (Wildman–Crippen MR) is 76.3 cm³/mol. The summed E-state index contributed by atoms with van der Waals surface area (Å²) in [5, 5.41) is 3.31. The summed E-state index contributed by atoms with van der Waals surface area (Å²) in [7, 11) is 3.50. The van der Waals surface area contributed by atoms with Crippen LogP contribution in [0.25, 0.3) is 0 Å². The average Bonchev–Trinajstić information content (AvgIpc) is 2.82. The molecule has 0 radical (unpaired) electrons. The topological polar surface area (TPSA) is 67.6 Å². The van der Waals surface area contributed by atoms with Gasteiger partial charge in [-0.05, 0) is 38.1 Å². The first-order chi connectivity index (χ1) is 9.11. The van der Waals surface area contributed by atoms with Crippen LogP contribution in [0.3, 0.4) is 0 Å². The molecule has 1 aliphatic rings. The fourth-order valence-electron chi connectivity index (χ4n) is 2.49. The largest absolute Gasteiger partial charge is 0.465 e. The van der Waals surface area contributed by atoms with Gasteiger partial charge in [0.1, 0.15) is 0 Å². The van der Waals surface area contributed by atoms with Crippen molar-refractivity contribution in [1.29, 1.82) is 0 Å². The van der Waals surface area contributed by atoms with E-state index in [2.05, 4.69) is 17.3 Å². The van der Waals surface area contributed by atoms with Crippen LogP contribution in [-0.4, -0.2) is 44.7 Å². The third kappa shape index (κ3) is 3.17. The molecule has 0 amide bonds. The van der Waals surface area contributed by atoms with Crippen LogP contribution in [0.1, 0.15) is 16.8 Å². The van der Waals surface area contributed by atoms with Gasteiger partial charge in [0.15, 0.2) is 0 Å². The van der Waals surface area contributed by atoms with Crippen molar-refractivity contribution in [3.63, 3.8) is 0 Å². The Morgan fingerprint density at radius 3 is 3.00 bits per heavy atom. The fraction of sp³-hybridized carbons (Fsp3) is 0.500. The molecule has 1 fully saturated rings. The van der Waals surface area contributed by atoms with E-state index >= 15 is 0 Å². The summed E-state index contributed by atoms with van der Waals surface area (Å²) in [5.74, 6) is 0.230. The van der Waals surface area contributed by atoms with Crippen LogP contribution in [0.2, 0.25) is 0 Å². The molecular formula is C14H21N3O2. The molecule has 1 saturated heterocycles. The van der Waals surface area contributed by atoms with Gasteiger partial charge < -0.3 is 20.7 Å². The van der Waals surface area contributed by atoms with Crippen molar-refractivity contribution in [2.75, 3.05) is 44.8 Å². The number of rotatable bonds is 4. The molecule has 1 atom stereocenters. The van der Waals surface area contributed by atoms with Gasteiger partial charge in [-0.25, -0.2) is 4.79 Å². The van der Waals surface area contributed by atoms with Crippen LogP contribution in [0.4, 0.5) is 11.4 Å². The van der Waals surface area contributed by atoms with Crippen LogP contribution in [0.5, 0.6) is 0 Å². The van der Waals surface area contributed by atoms with E-state index in [0.717, 1.165) is 19.6 Å². The lowest BCUT2D eigenvalue weighted by Gasteiger charge is -2.16. The zero-order valence-electron chi connectivity index (χ0n) is 11.5. The normalized spacial score (nSPS) is 19.4. The lowest BCUT2D eigenvalue weighted by atomic mass is 10.1. The summed E-state index contributed by atoms with van der Waals surface area (Å²) < 4.78 is 4.78. The lowest BCUT2D eigenvalue weighted by molar-refractivity contribution is 0.0602. The van der Waals surface area contributed by atoms with E-state index in [1.807, 2.05) is 0 Å². The van der Waals surface area contributed by atoms with Gasteiger partial charge >= 0.3 is 5.97 Å². The zero-order chi connectivity index (χ0) is 13.8. The van der Waals surface area contributed by atoms with E-state index in [-0.39, 0.29) is 5.97 Å². The first-order valence-corrected chi connectivity index (χ1v) is 6.51. The minimum Gasteiger partial charge on any atom is -0.465 e. The van der Waals surface area contributed by atoms with Gasteiger partial charge in [0.2, 0.25) is 0 Å². The highest BCUT2D eigenvalue weighted by molar-refractivity contribution is 5.98. The van der Waals surface area contributed by atoms with E-state index < -0.39 is 0 Å². The molecule has 2 rings (SSSR count). The van der Waals surface area contributed by atoms with E-state index in [1.165, 1.54) is 13.5 Å². The average molecular weight is 263 g/mol. The number of anilines is 2. The molecule has 5 heteroatoms. The number of methoxy groups -OCH3 is 1. The molecule has 1 aromatic rings. The van der Waals surface area contributed by atoms with Crippen molar-refractivity contribution in [1.82, 2.24) is 4.90 Å². The Balaban J connectivity index is 2.08. The van der Waals surface area contributed by atoms with Crippen LogP contribution in [0.15, 0.2) is 18.2 Å². The number of nitrogen functional groups attached to an aromatic ring is 1. The minimum atomic E-state index is -0.363. The highest BCUT2D eigenvalue weighted by Crippen LogP contribution is 2.25. The number of hydrogen-bond donors (Lipinski definition) is 2. The molecule has 3 N–H and O–H groups in total. The second-order valence-corrected chi connectivity index (χ2v) is 5.06. The van der Waals surface area contributed by atoms with Gasteiger partial charge in [-0.15, -0.1) is 0 Å². The SMILES string of the molecule is COC(=O)c1cccc(N)c1NCC1CCN(C)C1. The molecule has 0 spiro atoms. The zero-order valence-corrected chi connectivity index (χ0v) is 11.5. The Labute approximate surface area is 113 Å². The number of para-hydroxylation sites is 1. The summed E-state index contributed by atoms with van der Waals surface area (Å²) >= 11 is 0. The molecule has 0 bridgehead atoms. The number of carbonyl (C=O) groups is 1. The first-order valence-electron chi connectivity index (χ1n) is 6.51. The Morgan fingerprint density at radius 1 is 1.58 bits per heavy atom. The Kier molecular flexibility index (Phi) is 4.27. The van der Waals surface area contributed by atoms with Gasteiger partial charge in [-0.3, -0.25) is 0 Å². The van der Waals surface area contributed by atoms with E-state index in [9.17, 15) is 4.79 Å². The second kappa shape index (κ2) is 5.93. The number of nitrogens with zero attached hydrogens (tertiary/aromatic N) is 1. The van der Waals surface area contributed by atoms with E-state index in [4.69, 9.17) is 10.5 Å².